The SMILES string of the molecule is NC(=O)c1cccc(-c2ncc3ccc(Br)cn23)n1.[C-]#[N+]c1cccc(-c2ncc3ccc(Br)cn23)n1. The maximum Gasteiger partial charge on any atom is 0.270 e. The lowest BCUT2D eigenvalue weighted by atomic mass is 10.3. The van der Waals surface area contributed by atoms with Crippen LogP contribution in [0.25, 0.3) is 38.9 Å². The summed E-state index contributed by atoms with van der Waals surface area (Å²) >= 11 is 6.85. The summed E-state index contributed by atoms with van der Waals surface area (Å²) in [5.41, 5.74) is 8.70. The lowest BCUT2D eigenvalue weighted by Gasteiger charge is -2.02. The fraction of sp³-hybridized carbons (Fsp3) is 0. The minimum absolute atomic E-state index is 0.226. The maximum absolute atomic E-state index is 11.2. The van der Waals surface area contributed by atoms with E-state index in [1.54, 1.807) is 36.7 Å². The van der Waals surface area contributed by atoms with Crippen LogP contribution >= 0.6 is 31.9 Å². The van der Waals surface area contributed by atoms with E-state index in [0.717, 1.165) is 25.8 Å². The third-order valence-electron chi connectivity index (χ3n) is 5.29. The molecule has 6 rings (SSSR count). The van der Waals surface area contributed by atoms with Crippen molar-refractivity contribution in [3.8, 4) is 23.0 Å². The fourth-order valence-corrected chi connectivity index (χ4v) is 4.29. The van der Waals surface area contributed by atoms with Gasteiger partial charge in [0.15, 0.2) is 17.3 Å². The van der Waals surface area contributed by atoms with Crippen molar-refractivity contribution in [3.05, 3.63) is 112 Å². The molecule has 0 aliphatic heterocycles. The molecular formula is C26H16Br2N8O. The molecule has 9 nitrogen and oxygen atoms in total. The van der Waals surface area contributed by atoms with Crippen LogP contribution in [0.1, 0.15) is 10.5 Å². The Morgan fingerprint density at radius 1 is 0.784 bits per heavy atom. The van der Waals surface area contributed by atoms with Crippen LogP contribution in [-0.2, 0) is 0 Å². The van der Waals surface area contributed by atoms with E-state index in [1.165, 1.54) is 0 Å². The highest BCUT2D eigenvalue weighted by atomic mass is 79.9. The highest BCUT2D eigenvalue weighted by molar-refractivity contribution is 9.10. The molecule has 0 radical (unpaired) electrons. The van der Waals surface area contributed by atoms with Crippen molar-refractivity contribution in [2.75, 3.05) is 0 Å². The van der Waals surface area contributed by atoms with Crippen LogP contribution in [-0.4, -0.2) is 34.6 Å². The Morgan fingerprint density at radius 2 is 1.32 bits per heavy atom. The summed E-state index contributed by atoms with van der Waals surface area (Å²) in [6.07, 6.45) is 7.37. The molecule has 0 aliphatic carbocycles. The molecule has 6 heterocycles. The van der Waals surface area contributed by atoms with Crippen molar-refractivity contribution in [1.82, 2.24) is 28.7 Å². The van der Waals surface area contributed by atoms with Gasteiger partial charge in [0.25, 0.3) is 11.7 Å². The average molecular weight is 616 g/mol. The van der Waals surface area contributed by atoms with Crippen LogP contribution in [0.15, 0.2) is 94.4 Å². The first-order chi connectivity index (χ1) is 17.9. The number of aromatic nitrogens is 6. The normalized spacial score (nSPS) is 10.6. The molecule has 1 amide bonds. The Morgan fingerprint density at radius 3 is 1.86 bits per heavy atom. The molecule has 6 aromatic rings. The van der Waals surface area contributed by atoms with Crippen molar-refractivity contribution in [1.29, 1.82) is 0 Å². The fourth-order valence-electron chi connectivity index (χ4n) is 3.61. The Balaban J connectivity index is 0.000000152. The first kappa shape index (κ1) is 24.3. The monoisotopic (exact) mass is 614 g/mol. The van der Waals surface area contributed by atoms with Crippen molar-refractivity contribution in [2.24, 2.45) is 5.73 Å². The lowest BCUT2D eigenvalue weighted by molar-refractivity contribution is 0.0995. The highest BCUT2D eigenvalue weighted by Gasteiger charge is 2.12. The van der Waals surface area contributed by atoms with Crippen molar-refractivity contribution < 1.29 is 4.79 Å². The minimum atomic E-state index is -0.552. The number of carbonyl (C=O) groups is 1. The molecule has 0 aromatic carbocycles. The van der Waals surface area contributed by atoms with Crippen LogP contribution in [0.2, 0.25) is 0 Å². The highest BCUT2D eigenvalue weighted by Crippen LogP contribution is 2.23. The molecule has 0 spiro atoms. The van der Waals surface area contributed by atoms with Gasteiger partial charge < -0.3 is 10.6 Å². The molecule has 0 saturated heterocycles. The van der Waals surface area contributed by atoms with Crippen LogP contribution in [0.3, 0.4) is 0 Å². The molecule has 0 unspecified atom stereocenters. The van der Waals surface area contributed by atoms with E-state index in [-0.39, 0.29) is 5.69 Å². The van der Waals surface area contributed by atoms with Crippen LogP contribution in [0.5, 0.6) is 0 Å². The Bertz CT molecular complexity index is 1820. The molecule has 0 aliphatic rings. The molecule has 0 fully saturated rings. The number of fused-ring (bicyclic) bond motifs is 2. The molecule has 0 atom stereocenters. The quantitative estimate of drug-likeness (QED) is 0.247. The number of nitrogens with two attached hydrogens (primary N) is 1. The second-order valence-electron chi connectivity index (χ2n) is 7.71. The summed E-state index contributed by atoms with van der Waals surface area (Å²) in [6, 6.07) is 18.3. The van der Waals surface area contributed by atoms with Gasteiger partial charge in [0, 0.05) is 21.3 Å². The maximum atomic E-state index is 11.2. The molecule has 6 aromatic heterocycles. The lowest BCUT2D eigenvalue weighted by Crippen LogP contribution is -2.13. The minimum Gasteiger partial charge on any atom is -0.364 e. The number of primary amides is 1. The zero-order valence-corrected chi connectivity index (χ0v) is 22.1. The van der Waals surface area contributed by atoms with Gasteiger partial charge in [0.1, 0.15) is 11.4 Å². The van der Waals surface area contributed by atoms with Gasteiger partial charge in [-0.05, 0) is 80.4 Å². The summed E-state index contributed by atoms with van der Waals surface area (Å²) in [5, 5.41) is 0. The van der Waals surface area contributed by atoms with E-state index in [2.05, 4.69) is 56.6 Å². The van der Waals surface area contributed by atoms with Crippen molar-refractivity contribution >= 4 is 54.6 Å². The van der Waals surface area contributed by atoms with Crippen LogP contribution < -0.4 is 5.73 Å². The first-order valence-corrected chi connectivity index (χ1v) is 12.4. The van der Waals surface area contributed by atoms with E-state index >= 15 is 0 Å². The van der Waals surface area contributed by atoms with Gasteiger partial charge in [-0.25, -0.2) is 15.0 Å². The van der Waals surface area contributed by atoms with Gasteiger partial charge in [0.05, 0.1) is 23.4 Å². The van der Waals surface area contributed by atoms with Gasteiger partial charge >= 0.3 is 0 Å². The number of hydrogen-bond acceptors (Lipinski definition) is 5. The van der Waals surface area contributed by atoms with Gasteiger partial charge in [-0.15, -0.1) is 4.98 Å². The molecule has 0 bridgehead atoms. The number of pyridine rings is 4. The number of rotatable bonds is 3. The smallest absolute Gasteiger partial charge is 0.270 e. The molecule has 2 N–H and O–H groups in total. The second-order valence-corrected chi connectivity index (χ2v) is 9.54. The standard InChI is InChI=1S/C13H9BrN4O.C13H7BrN4/c14-8-4-5-9-6-16-13(18(9)7-8)11-3-1-2-10(17-11)12(15)19;1-15-12-4-2-3-11(17-12)13-16-7-10-6-5-9(14)8-18(10)13/h1-7H,(H2,15,19);2-8H. The Hall–Kier alpha value is -4.40. The van der Waals surface area contributed by atoms with Crippen LogP contribution in [0.4, 0.5) is 5.82 Å². The number of nitrogens with zero attached hydrogens (tertiary/aromatic N) is 7. The van der Waals surface area contributed by atoms with Crippen molar-refractivity contribution in [2.45, 2.75) is 0 Å². The van der Waals surface area contributed by atoms with Crippen molar-refractivity contribution in [3.63, 3.8) is 0 Å². The Kier molecular flexibility index (Phi) is 6.76. The number of hydrogen-bond donors (Lipinski definition) is 1. The summed E-state index contributed by atoms with van der Waals surface area (Å²) < 4.78 is 5.75. The molecule has 180 valence electrons. The zero-order chi connectivity index (χ0) is 25.9. The predicted molar refractivity (Wildman–Crippen MR) is 147 cm³/mol. The summed E-state index contributed by atoms with van der Waals surface area (Å²) in [6.45, 7) is 6.99. The van der Waals surface area contributed by atoms with E-state index in [0.29, 0.717) is 23.0 Å². The summed E-state index contributed by atoms with van der Waals surface area (Å²) in [4.78, 5) is 31.7. The van der Waals surface area contributed by atoms with Gasteiger partial charge in [0.2, 0.25) is 0 Å². The summed E-state index contributed by atoms with van der Waals surface area (Å²) in [7, 11) is 0. The first-order valence-electron chi connectivity index (χ1n) is 10.8. The van der Waals surface area contributed by atoms with E-state index in [4.69, 9.17) is 12.3 Å². The topological polar surface area (TPSA) is 108 Å². The van der Waals surface area contributed by atoms with Gasteiger partial charge in [-0.3, -0.25) is 13.6 Å². The van der Waals surface area contributed by atoms with E-state index in [9.17, 15) is 4.79 Å². The second kappa shape index (κ2) is 10.3. The molecule has 11 heteroatoms. The molecular weight excluding hydrogens is 600 g/mol. The zero-order valence-electron chi connectivity index (χ0n) is 19.0. The van der Waals surface area contributed by atoms with E-state index in [1.807, 2.05) is 57.6 Å². The van der Waals surface area contributed by atoms with Gasteiger partial charge in [-0.1, -0.05) is 18.7 Å². The third-order valence-corrected chi connectivity index (χ3v) is 6.23. The van der Waals surface area contributed by atoms with Crippen LogP contribution in [0, 0.1) is 6.57 Å². The predicted octanol–water partition coefficient (Wildman–Crippen LogP) is 5.97. The Labute approximate surface area is 227 Å². The number of amides is 1. The average Bonchev–Trinajstić information content (AvgIpc) is 3.53. The molecule has 37 heavy (non-hydrogen) atoms. The van der Waals surface area contributed by atoms with E-state index < -0.39 is 5.91 Å². The van der Waals surface area contributed by atoms with Gasteiger partial charge in [-0.2, -0.15) is 0 Å². The number of imidazole rings is 2. The third kappa shape index (κ3) is 5.11. The number of halogens is 2. The molecule has 0 saturated carbocycles. The summed E-state index contributed by atoms with van der Waals surface area (Å²) in [5.74, 6) is 1.22. The number of carbonyl (C=O) groups excluding carboxylic acids is 1. The largest absolute Gasteiger partial charge is 0.364 e.